The lowest BCUT2D eigenvalue weighted by Crippen LogP contribution is -2.02. The van der Waals surface area contributed by atoms with Gasteiger partial charge in [-0.3, -0.25) is 0 Å². The third kappa shape index (κ3) is 1.96. The molecule has 0 N–H and O–H groups in total. The van der Waals surface area contributed by atoms with Gasteiger partial charge < -0.3 is 13.9 Å². The molecule has 0 unspecified atom stereocenters. The minimum Gasteiger partial charge on any atom is -0.454 e. The van der Waals surface area contributed by atoms with E-state index in [1.807, 2.05) is 42.5 Å². The van der Waals surface area contributed by atoms with Crippen LogP contribution >= 0.6 is 11.8 Å². The highest BCUT2D eigenvalue weighted by Gasteiger charge is 2.30. The van der Waals surface area contributed by atoms with Crippen LogP contribution in [0.4, 0.5) is 0 Å². The fourth-order valence-electron chi connectivity index (χ4n) is 3.19. The zero-order valence-electron chi connectivity index (χ0n) is 12.1. The Hall–Kier alpha value is -2.40. The molecular formula is C18H12O4S. The lowest BCUT2D eigenvalue weighted by molar-refractivity contribution is 0.174. The average Bonchev–Trinajstić information content (AvgIpc) is 3.21. The molecule has 2 aromatic carbocycles. The molecule has 0 fully saturated rings. The quantitative estimate of drug-likeness (QED) is 0.635. The van der Waals surface area contributed by atoms with Gasteiger partial charge in [-0.25, -0.2) is 4.79 Å². The SMILES string of the molecule is O=c1oc2ccccc2c2c1S[C@@H](c1ccc3c(c1)OCO3)C2. The summed E-state index contributed by atoms with van der Waals surface area (Å²) in [5.41, 5.74) is 2.64. The second kappa shape index (κ2) is 4.80. The van der Waals surface area contributed by atoms with Gasteiger partial charge in [-0.2, -0.15) is 0 Å². The largest absolute Gasteiger partial charge is 0.454 e. The van der Waals surface area contributed by atoms with Crippen LogP contribution in [0.5, 0.6) is 11.5 Å². The maximum atomic E-state index is 12.3. The molecule has 5 heteroatoms. The van der Waals surface area contributed by atoms with Crippen molar-refractivity contribution >= 4 is 22.7 Å². The maximum Gasteiger partial charge on any atom is 0.350 e. The minimum atomic E-state index is -0.244. The van der Waals surface area contributed by atoms with Crippen molar-refractivity contribution in [2.75, 3.05) is 6.79 Å². The van der Waals surface area contributed by atoms with Crippen molar-refractivity contribution < 1.29 is 13.9 Å². The zero-order chi connectivity index (χ0) is 15.4. The van der Waals surface area contributed by atoms with Gasteiger partial charge in [-0.05, 0) is 35.7 Å². The Balaban J connectivity index is 1.60. The molecule has 0 aliphatic carbocycles. The fraction of sp³-hybridized carbons (Fsp3) is 0.167. The number of benzene rings is 2. The monoisotopic (exact) mass is 324 g/mol. The molecule has 5 rings (SSSR count). The van der Waals surface area contributed by atoms with E-state index in [2.05, 4.69) is 0 Å². The third-order valence-electron chi connectivity index (χ3n) is 4.29. The molecule has 1 aromatic heterocycles. The van der Waals surface area contributed by atoms with Crippen LogP contribution in [0.15, 0.2) is 56.6 Å². The van der Waals surface area contributed by atoms with Crippen LogP contribution < -0.4 is 15.1 Å². The summed E-state index contributed by atoms with van der Waals surface area (Å²) in [5.74, 6) is 1.55. The molecule has 2 aliphatic rings. The number of thioether (sulfide) groups is 1. The summed E-state index contributed by atoms with van der Waals surface area (Å²) in [4.78, 5) is 13.0. The lowest BCUT2D eigenvalue weighted by Gasteiger charge is -2.09. The summed E-state index contributed by atoms with van der Waals surface area (Å²) in [6.45, 7) is 0.269. The number of para-hydroxylation sites is 1. The van der Waals surface area contributed by atoms with E-state index in [0.29, 0.717) is 5.58 Å². The molecular weight excluding hydrogens is 312 g/mol. The first kappa shape index (κ1) is 13.1. The number of ether oxygens (including phenoxy) is 2. The van der Waals surface area contributed by atoms with Crippen LogP contribution in [0.2, 0.25) is 0 Å². The number of rotatable bonds is 1. The Morgan fingerprint density at radius 2 is 1.91 bits per heavy atom. The number of fused-ring (bicyclic) bond motifs is 4. The van der Waals surface area contributed by atoms with Crippen LogP contribution in [-0.2, 0) is 6.42 Å². The molecule has 114 valence electrons. The van der Waals surface area contributed by atoms with E-state index in [0.717, 1.165) is 39.3 Å². The molecule has 3 heterocycles. The molecule has 0 amide bonds. The van der Waals surface area contributed by atoms with Crippen molar-refractivity contribution in [1.82, 2.24) is 0 Å². The van der Waals surface area contributed by atoms with Gasteiger partial charge in [0.25, 0.3) is 0 Å². The highest BCUT2D eigenvalue weighted by Crippen LogP contribution is 2.48. The van der Waals surface area contributed by atoms with Gasteiger partial charge in [0, 0.05) is 10.6 Å². The van der Waals surface area contributed by atoms with Gasteiger partial charge in [-0.1, -0.05) is 24.3 Å². The first-order valence-electron chi connectivity index (χ1n) is 7.40. The van der Waals surface area contributed by atoms with Gasteiger partial charge in [0.15, 0.2) is 11.5 Å². The molecule has 3 aromatic rings. The van der Waals surface area contributed by atoms with Crippen LogP contribution in [0.3, 0.4) is 0 Å². The second-order valence-corrected chi connectivity index (χ2v) is 6.83. The second-order valence-electron chi connectivity index (χ2n) is 5.62. The van der Waals surface area contributed by atoms with Crippen molar-refractivity contribution in [3.05, 3.63) is 64.0 Å². The molecule has 0 saturated carbocycles. The number of hydrogen-bond donors (Lipinski definition) is 0. The van der Waals surface area contributed by atoms with Gasteiger partial charge in [-0.15, -0.1) is 11.8 Å². The van der Waals surface area contributed by atoms with Crippen molar-refractivity contribution in [2.24, 2.45) is 0 Å². The standard InChI is InChI=1S/C18H12O4S/c19-18-17-12(11-3-1-2-4-13(11)22-18)8-16(23-17)10-5-6-14-15(7-10)21-9-20-14/h1-7,16H,8-9H2/t16-/m1/s1. The summed E-state index contributed by atoms with van der Waals surface area (Å²) < 4.78 is 16.3. The Kier molecular flexibility index (Phi) is 2.73. The van der Waals surface area contributed by atoms with Gasteiger partial charge in [0.2, 0.25) is 6.79 Å². The van der Waals surface area contributed by atoms with E-state index in [-0.39, 0.29) is 17.7 Å². The smallest absolute Gasteiger partial charge is 0.350 e. The summed E-state index contributed by atoms with van der Waals surface area (Å²) in [5, 5.41) is 1.21. The molecule has 1 atom stereocenters. The minimum absolute atomic E-state index is 0.188. The summed E-state index contributed by atoms with van der Waals surface area (Å²) >= 11 is 1.57. The predicted molar refractivity (Wildman–Crippen MR) is 87.4 cm³/mol. The van der Waals surface area contributed by atoms with E-state index >= 15 is 0 Å². The van der Waals surface area contributed by atoms with Crippen LogP contribution in [0, 0.1) is 0 Å². The normalized spacial score (nSPS) is 18.3. The van der Waals surface area contributed by atoms with Gasteiger partial charge in [0.1, 0.15) is 5.58 Å². The van der Waals surface area contributed by atoms with Gasteiger partial charge >= 0.3 is 5.63 Å². The molecule has 0 spiro atoms. The molecule has 0 saturated heterocycles. The highest BCUT2D eigenvalue weighted by molar-refractivity contribution is 7.99. The van der Waals surface area contributed by atoms with Crippen LogP contribution in [0.1, 0.15) is 16.4 Å². The first-order chi connectivity index (χ1) is 11.3. The summed E-state index contributed by atoms with van der Waals surface area (Å²) in [6.07, 6.45) is 0.811. The summed E-state index contributed by atoms with van der Waals surface area (Å²) in [6, 6.07) is 13.7. The highest BCUT2D eigenvalue weighted by atomic mass is 32.2. The maximum absolute atomic E-state index is 12.3. The summed E-state index contributed by atoms with van der Waals surface area (Å²) in [7, 11) is 0. The van der Waals surface area contributed by atoms with Gasteiger partial charge in [0.05, 0.1) is 4.90 Å². The van der Waals surface area contributed by atoms with Crippen molar-refractivity contribution in [2.45, 2.75) is 16.6 Å². The Labute approximate surface area is 136 Å². The van der Waals surface area contributed by atoms with E-state index < -0.39 is 0 Å². The average molecular weight is 324 g/mol. The van der Waals surface area contributed by atoms with Crippen molar-refractivity contribution in [1.29, 1.82) is 0 Å². The first-order valence-corrected chi connectivity index (χ1v) is 8.28. The molecule has 23 heavy (non-hydrogen) atoms. The lowest BCUT2D eigenvalue weighted by atomic mass is 10.0. The molecule has 0 radical (unpaired) electrons. The Morgan fingerprint density at radius 3 is 2.87 bits per heavy atom. The predicted octanol–water partition coefficient (Wildman–Crippen LogP) is 3.91. The third-order valence-corrected chi connectivity index (χ3v) is 5.66. The zero-order valence-corrected chi connectivity index (χ0v) is 12.9. The molecule has 2 aliphatic heterocycles. The Morgan fingerprint density at radius 1 is 1.04 bits per heavy atom. The van der Waals surface area contributed by atoms with Crippen molar-refractivity contribution in [3.8, 4) is 11.5 Å². The Bertz CT molecular complexity index is 992. The van der Waals surface area contributed by atoms with E-state index in [1.165, 1.54) is 0 Å². The fourth-order valence-corrected chi connectivity index (χ4v) is 4.48. The van der Waals surface area contributed by atoms with E-state index in [1.54, 1.807) is 11.8 Å². The van der Waals surface area contributed by atoms with E-state index in [9.17, 15) is 4.79 Å². The number of hydrogen-bond acceptors (Lipinski definition) is 5. The van der Waals surface area contributed by atoms with Crippen LogP contribution in [0.25, 0.3) is 11.0 Å². The van der Waals surface area contributed by atoms with Crippen molar-refractivity contribution in [3.63, 3.8) is 0 Å². The van der Waals surface area contributed by atoms with Crippen LogP contribution in [-0.4, -0.2) is 6.79 Å². The molecule has 0 bridgehead atoms. The molecule has 4 nitrogen and oxygen atoms in total. The van der Waals surface area contributed by atoms with E-state index in [4.69, 9.17) is 13.9 Å². The topological polar surface area (TPSA) is 48.7 Å².